The van der Waals surface area contributed by atoms with Crippen LogP contribution in [0.1, 0.15) is 34.0 Å². The predicted octanol–water partition coefficient (Wildman–Crippen LogP) is 5.09. The number of carbonyl (C=O) groups is 2. The van der Waals surface area contributed by atoms with Crippen molar-refractivity contribution in [3.05, 3.63) is 86.5 Å². The van der Waals surface area contributed by atoms with E-state index in [0.717, 1.165) is 20.4 Å². The van der Waals surface area contributed by atoms with E-state index in [1.807, 2.05) is 51.1 Å². The van der Waals surface area contributed by atoms with Gasteiger partial charge in [0.05, 0.1) is 16.4 Å². The van der Waals surface area contributed by atoms with Crippen molar-refractivity contribution >= 4 is 46.3 Å². The largest absolute Gasteiger partial charge is 0.490 e. The molecule has 176 valence electrons. The maximum absolute atomic E-state index is 12.5. The Morgan fingerprint density at radius 1 is 1.03 bits per heavy atom. The van der Waals surface area contributed by atoms with Gasteiger partial charge in [0.2, 0.25) is 0 Å². The fourth-order valence-corrected chi connectivity index (χ4v) is 3.88. The number of carbonyl (C=O) groups excluding carboxylic acids is 2. The van der Waals surface area contributed by atoms with Crippen LogP contribution in [0, 0.1) is 17.4 Å². The topological polar surface area (TPSA) is 89.0 Å². The summed E-state index contributed by atoms with van der Waals surface area (Å²) >= 11 is 2.12. The molecule has 0 unspecified atom stereocenters. The first-order chi connectivity index (χ1) is 16.4. The maximum Gasteiger partial charge on any atom is 0.271 e. The number of halogens is 1. The van der Waals surface area contributed by atoms with Gasteiger partial charge in [0.1, 0.15) is 0 Å². The molecule has 0 aliphatic heterocycles. The second kappa shape index (κ2) is 12.2. The van der Waals surface area contributed by atoms with Crippen LogP contribution < -0.4 is 20.2 Å². The van der Waals surface area contributed by atoms with Gasteiger partial charge in [-0.25, -0.2) is 5.43 Å². The van der Waals surface area contributed by atoms with Gasteiger partial charge in [0.25, 0.3) is 11.8 Å². The molecule has 8 heteroatoms. The summed E-state index contributed by atoms with van der Waals surface area (Å²) in [7, 11) is 0. The zero-order chi connectivity index (χ0) is 24.5. The summed E-state index contributed by atoms with van der Waals surface area (Å²) in [6, 6.07) is 18.2. The maximum atomic E-state index is 12.5. The number of hydrogen-bond donors (Lipinski definition) is 2. The molecule has 3 aromatic carbocycles. The molecule has 2 N–H and O–H groups in total. The molecule has 0 spiro atoms. The first-order valence-electron chi connectivity index (χ1n) is 10.7. The van der Waals surface area contributed by atoms with Crippen LogP contribution in [-0.4, -0.2) is 31.2 Å². The van der Waals surface area contributed by atoms with Gasteiger partial charge >= 0.3 is 0 Å². The van der Waals surface area contributed by atoms with Crippen molar-refractivity contribution in [1.82, 2.24) is 5.43 Å². The van der Waals surface area contributed by atoms with Crippen LogP contribution in [0.3, 0.4) is 0 Å². The van der Waals surface area contributed by atoms with E-state index in [1.54, 1.807) is 30.3 Å². The lowest BCUT2D eigenvalue weighted by atomic mass is 10.1. The monoisotopic (exact) mass is 571 g/mol. The number of hydrogen-bond acceptors (Lipinski definition) is 5. The number of anilines is 1. The Morgan fingerprint density at radius 2 is 1.79 bits per heavy atom. The van der Waals surface area contributed by atoms with E-state index in [-0.39, 0.29) is 18.4 Å². The summed E-state index contributed by atoms with van der Waals surface area (Å²) in [5.41, 5.74) is 6.62. The summed E-state index contributed by atoms with van der Waals surface area (Å²) in [4.78, 5) is 24.6. The molecule has 0 aromatic heterocycles. The minimum absolute atomic E-state index is 0.163. The minimum Gasteiger partial charge on any atom is -0.490 e. The van der Waals surface area contributed by atoms with E-state index in [4.69, 9.17) is 9.47 Å². The number of rotatable bonds is 9. The van der Waals surface area contributed by atoms with Crippen molar-refractivity contribution in [3.63, 3.8) is 0 Å². The lowest BCUT2D eigenvalue weighted by Crippen LogP contribution is -2.21. The molecule has 0 heterocycles. The Balaban J connectivity index is 1.67. The second-order valence-corrected chi connectivity index (χ2v) is 8.57. The van der Waals surface area contributed by atoms with E-state index < -0.39 is 0 Å². The molecule has 0 saturated carbocycles. The Morgan fingerprint density at radius 3 is 2.53 bits per heavy atom. The molecule has 0 atom stereocenters. The first-order valence-corrected chi connectivity index (χ1v) is 11.8. The van der Waals surface area contributed by atoms with Crippen molar-refractivity contribution in [1.29, 1.82) is 0 Å². The van der Waals surface area contributed by atoms with Gasteiger partial charge in [-0.05, 0) is 90.4 Å². The van der Waals surface area contributed by atoms with Crippen LogP contribution in [0.5, 0.6) is 11.5 Å². The summed E-state index contributed by atoms with van der Waals surface area (Å²) in [6.07, 6.45) is 1.53. The number of hydrazone groups is 1. The normalized spacial score (nSPS) is 10.7. The van der Waals surface area contributed by atoms with Gasteiger partial charge in [-0.2, -0.15) is 5.10 Å². The van der Waals surface area contributed by atoms with E-state index in [9.17, 15) is 9.59 Å². The van der Waals surface area contributed by atoms with Crippen molar-refractivity contribution in [2.45, 2.75) is 20.8 Å². The van der Waals surface area contributed by atoms with Crippen LogP contribution in [0.2, 0.25) is 0 Å². The Bertz CT molecular complexity index is 1200. The summed E-state index contributed by atoms with van der Waals surface area (Å²) in [5, 5.41) is 6.92. The fourth-order valence-electron chi connectivity index (χ4n) is 3.10. The standard InChI is InChI=1S/C26H26IN3O4/c1-4-33-23-14-19(15-28-30-26(32)20-10-6-5-7-11-20)13-21(27)25(23)34-16-24(31)29-22-12-8-9-17(2)18(22)3/h5-15H,4,16H2,1-3H3,(H,29,31)(H,30,32)/b28-15+. The highest BCUT2D eigenvalue weighted by atomic mass is 127. The van der Waals surface area contributed by atoms with Crippen LogP contribution in [-0.2, 0) is 4.79 Å². The van der Waals surface area contributed by atoms with Crippen molar-refractivity contribution in [3.8, 4) is 11.5 Å². The van der Waals surface area contributed by atoms with Gasteiger partial charge in [-0.3, -0.25) is 9.59 Å². The molecule has 7 nitrogen and oxygen atoms in total. The molecular weight excluding hydrogens is 545 g/mol. The SMILES string of the molecule is CCOc1cc(/C=N/NC(=O)c2ccccc2)cc(I)c1OCC(=O)Nc1cccc(C)c1C. The van der Waals surface area contributed by atoms with E-state index in [0.29, 0.717) is 29.2 Å². The highest BCUT2D eigenvalue weighted by molar-refractivity contribution is 14.1. The molecule has 3 rings (SSSR count). The molecule has 0 radical (unpaired) electrons. The second-order valence-electron chi connectivity index (χ2n) is 7.41. The van der Waals surface area contributed by atoms with Gasteiger partial charge in [0, 0.05) is 11.3 Å². The molecular formula is C26H26IN3O4. The molecule has 34 heavy (non-hydrogen) atoms. The van der Waals surface area contributed by atoms with Gasteiger partial charge < -0.3 is 14.8 Å². The summed E-state index contributed by atoms with van der Waals surface area (Å²) in [6.45, 7) is 6.09. The fraction of sp³-hybridized carbons (Fsp3) is 0.192. The van der Waals surface area contributed by atoms with Gasteiger partial charge in [-0.15, -0.1) is 0 Å². The van der Waals surface area contributed by atoms with E-state index in [2.05, 4.69) is 38.4 Å². The number of ether oxygens (including phenoxy) is 2. The molecule has 3 aromatic rings. The summed E-state index contributed by atoms with van der Waals surface area (Å²) in [5.74, 6) is 0.404. The zero-order valence-electron chi connectivity index (χ0n) is 19.2. The smallest absolute Gasteiger partial charge is 0.271 e. The molecule has 0 saturated heterocycles. The highest BCUT2D eigenvalue weighted by Crippen LogP contribution is 2.34. The Hall–Kier alpha value is -3.40. The number of amides is 2. The first kappa shape index (κ1) is 25.2. The van der Waals surface area contributed by atoms with Crippen LogP contribution in [0.25, 0.3) is 0 Å². The lowest BCUT2D eigenvalue weighted by Gasteiger charge is -2.15. The van der Waals surface area contributed by atoms with Crippen LogP contribution in [0.15, 0.2) is 65.8 Å². The minimum atomic E-state index is -0.300. The third-order valence-electron chi connectivity index (χ3n) is 4.97. The third kappa shape index (κ3) is 6.80. The number of nitrogens with zero attached hydrogens (tertiary/aromatic N) is 1. The molecule has 0 bridgehead atoms. The third-order valence-corrected chi connectivity index (χ3v) is 5.78. The lowest BCUT2D eigenvalue weighted by molar-refractivity contribution is -0.118. The zero-order valence-corrected chi connectivity index (χ0v) is 21.4. The molecule has 0 aliphatic carbocycles. The average Bonchev–Trinajstić information content (AvgIpc) is 2.82. The quantitative estimate of drug-likeness (QED) is 0.213. The Labute approximate surface area is 212 Å². The molecule has 0 aliphatic rings. The number of aryl methyl sites for hydroxylation is 1. The van der Waals surface area contributed by atoms with Crippen molar-refractivity contribution < 1.29 is 19.1 Å². The van der Waals surface area contributed by atoms with Crippen LogP contribution in [0.4, 0.5) is 5.69 Å². The molecule has 2 amide bonds. The number of benzene rings is 3. The van der Waals surface area contributed by atoms with Crippen molar-refractivity contribution in [2.24, 2.45) is 5.10 Å². The average molecular weight is 571 g/mol. The summed E-state index contributed by atoms with van der Waals surface area (Å²) < 4.78 is 12.3. The van der Waals surface area contributed by atoms with Crippen LogP contribution >= 0.6 is 22.6 Å². The Kier molecular flexibility index (Phi) is 9.03. The number of nitrogens with one attached hydrogen (secondary N) is 2. The van der Waals surface area contributed by atoms with Gasteiger partial charge in [0.15, 0.2) is 18.1 Å². The van der Waals surface area contributed by atoms with Gasteiger partial charge in [-0.1, -0.05) is 30.3 Å². The van der Waals surface area contributed by atoms with E-state index >= 15 is 0 Å². The predicted molar refractivity (Wildman–Crippen MR) is 142 cm³/mol. The van der Waals surface area contributed by atoms with E-state index in [1.165, 1.54) is 6.21 Å². The molecule has 0 fully saturated rings. The van der Waals surface area contributed by atoms with Crippen molar-refractivity contribution in [2.75, 3.05) is 18.5 Å². The highest BCUT2D eigenvalue weighted by Gasteiger charge is 2.14.